The van der Waals surface area contributed by atoms with Gasteiger partial charge in [0.2, 0.25) is 5.91 Å². The summed E-state index contributed by atoms with van der Waals surface area (Å²) in [5, 5.41) is 0.459. The number of aromatic amines is 1. The number of halogens is 1. The highest BCUT2D eigenvalue weighted by molar-refractivity contribution is 6.32. The van der Waals surface area contributed by atoms with Gasteiger partial charge in [-0.15, -0.1) is 0 Å². The van der Waals surface area contributed by atoms with Crippen molar-refractivity contribution in [1.82, 2.24) is 14.9 Å². The average Bonchev–Trinajstić information content (AvgIpc) is 3.43. The molecule has 2 aromatic carbocycles. The fraction of sp³-hybridized carbons (Fsp3) is 0.333. The van der Waals surface area contributed by atoms with Crippen LogP contribution in [0.4, 0.5) is 0 Å². The van der Waals surface area contributed by atoms with Crippen LogP contribution in [0.3, 0.4) is 0 Å². The van der Waals surface area contributed by atoms with Gasteiger partial charge in [0.15, 0.2) is 11.5 Å². The van der Waals surface area contributed by atoms with E-state index in [9.17, 15) is 4.79 Å². The van der Waals surface area contributed by atoms with E-state index in [0.29, 0.717) is 29.7 Å². The van der Waals surface area contributed by atoms with E-state index in [2.05, 4.69) is 4.98 Å². The summed E-state index contributed by atoms with van der Waals surface area (Å²) >= 11 is 6.39. The molecule has 2 heterocycles. The summed E-state index contributed by atoms with van der Waals surface area (Å²) in [4.78, 5) is 22.9. The molecule has 1 aliphatic rings. The van der Waals surface area contributed by atoms with Gasteiger partial charge in [0.25, 0.3) is 0 Å². The topological polar surface area (TPSA) is 67.5 Å². The Hall–Kier alpha value is -2.99. The van der Waals surface area contributed by atoms with E-state index in [0.717, 1.165) is 41.7 Å². The molecule has 1 saturated heterocycles. The van der Waals surface area contributed by atoms with Crippen molar-refractivity contribution < 1.29 is 14.3 Å². The molecule has 0 radical (unpaired) electrons. The molecular formula is C24H26ClN3O3. The highest BCUT2D eigenvalue weighted by Crippen LogP contribution is 2.37. The first kappa shape index (κ1) is 21.2. The molecule has 3 aromatic rings. The van der Waals surface area contributed by atoms with Gasteiger partial charge in [-0.3, -0.25) is 4.79 Å². The minimum atomic E-state index is -0.0515. The molecule has 0 spiro atoms. The van der Waals surface area contributed by atoms with Crippen molar-refractivity contribution in [2.75, 3.05) is 20.3 Å². The molecule has 1 aliphatic heterocycles. The second-order valence-corrected chi connectivity index (χ2v) is 7.95. The van der Waals surface area contributed by atoms with Crippen LogP contribution in [0, 0.1) is 0 Å². The van der Waals surface area contributed by atoms with Gasteiger partial charge in [0.1, 0.15) is 5.82 Å². The number of benzene rings is 2. The molecule has 1 atom stereocenters. The molecule has 4 rings (SSSR count). The standard InChI is InChI=1S/C24H26ClN3O3/c1-3-13-31-23-17(25)14-16(15-21(23)30-2)10-11-22(29)28-12-6-9-20(28)24-26-18-7-4-5-8-19(18)27-24/h4-5,7-8,10-11,14-15,20H,3,6,9,12-13H2,1-2H3,(H,26,27)/b11-10+. The van der Waals surface area contributed by atoms with E-state index in [1.54, 1.807) is 25.3 Å². The monoisotopic (exact) mass is 439 g/mol. The summed E-state index contributed by atoms with van der Waals surface area (Å²) in [6.45, 7) is 3.29. The van der Waals surface area contributed by atoms with E-state index in [1.165, 1.54) is 0 Å². The number of amides is 1. The lowest BCUT2D eigenvalue weighted by atomic mass is 10.1. The molecule has 1 fully saturated rings. The number of likely N-dealkylation sites (tertiary alicyclic amines) is 1. The Kier molecular flexibility index (Phi) is 6.47. The lowest BCUT2D eigenvalue weighted by Crippen LogP contribution is -2.29. The number of carbonyl (C=O) groups excluding carboxylic acids is 1. The first-order valence-corrected chi connectivity index (χ1v) is 10.9. The summed E-state index contributed by atoms with van der Waals surface area (Å²) in [7, 11) is 1.57. The van der Waals surface area contributed by atoms with Crippen LogP contribution in [-0.2, 0) is 4.79 Å². The first-order chi connectivity index (χ1) is 15.1. The molecule has 1 aromatic heterocycles. The van der Waals surface area contributed by atoms with Gasteiger partial charge in [-0.2, -0.15) is 0 Å². The van der Waals surface area contributed by atoms with Crippen molar-refractivity contribution in [2.45, 2.75) is 32.2 Å². The van der Waals surface area contributed by atoms with Crippen LogP contribution < -0.4 is 9.47 Å². The number of rotatable bonds is 7. The lowest BCUT2D eigenvalue weighted by molar-refractivity contribution is -0.126. The number of imidazole rings is 1. The van der Waals surface area contributed by atoms with E-state index in [1.807, 2.05) is 42.2 Å². The Morgan fingerprint density at radius 2 is 2.19 bits per heavy atom. The normalized spacial score (nSPS) is 16.4. The van der Waals surface area contributed by atoms with Gasteiger partial charge in [0, 0.05) is 12.6 Å². The van der Waals surface area contributed by atoms with Crippen molar-refractivity contribution in [2.24, 2.45) is 0 Å². The maximum atomic E-state index is 13.0. The van der Waals surface area contributed by atoms with Crippen molar-refractivity contribution >= 4 is 34.6 Å². The summed E-state index contributed by atoms with van der Waals surface area (Å²) in [6, 6.07) is 11.5. The van der Waals surface area contributed by atoms with Gasteiger partial charge in [-0.05, 0) is 55.2 Å². The zero-order valence-corrected chi connectivity index (χ0v) is 18.5. The van der Waals surface area contributed by atoms with Gasteiger partial charge < -0.3 is 19.4 Å². The number of hydrogen-bond acceptors (Lipinski definition) is 4. The zero-order chi connectivity index (χ0) is 21.8. The average molecular weight is 440 g/mol. The number of para-hydroxylation sites is 2. The summed E-state index contributed by atoms with van der Waals surface area (Å²) in [5.41, 5.74) is 2.68. The van der Waals surface area contributed by atoms with Crippen LogP contribution in [0.5, 0.6) is 11.5 Å². The molecule has 7 heteroatoms. The minimum Gasteiger partial charge on any atom is -0.493 e. The number of aromatic nitrogens is 2. The van der Waals surface area contributed by atoms with Gasteiger partial charge in [-0.25, -0.2) is 4.98 Å². The van der Waals surface area contributed by atoms with Crippen LogP contribution in [0.15, 0.2) is 42.5 Å². The van der Waals surface area contributed by atoms with E-state index < -0.39 is 0 Å². The summed E-state index contributed by atoms with van der Waals surface area (Å²) in [6.07, 6.45) is 6.05. The van der Waals surface area contributed by atoms with Crippen molar-refractivity contribution in [1.29, 1.82) is 0 Å². The fourth-order valence-corrected chi connectivity index (χ4v) is 4.16. The third kappa shape index (κ3) is 4.54. The predicted molar refractivity (Wildman–Crippen MR) is 123 cm³/mol. The number of ether oxygens (including phenoxy) is 2. The van der Waals surface area contributed by atoms with E-state index >= 15 is 0 Å². The molecular weight excluding hydrogens is 414 g/mol. The third-order valence-corrected chi connectivity index (χ3v) is 5.66. The number of H-pyrrole nitrogens is 1. The summed E-state index contributed by atoms with van der Waals surface area (Å²) in [5.74, 6) is 1.86. The quantitative estimate of drug-likeness (QED) is 0.501. The molecule has 1 unspecified atom stereocenters. The highest BCUT2D eigenvalue weighted by Gasteiger charge is 2.31. The van der Waals surface area contributed by atoms with Crippen LogP contribution >= 0.6 is 11.6 Å². The number of nitrogens with zero attached hydrogens (tertiary/aromatic N) is 2. The molecule has 0 bridgehead atoms. The SMILES string of the molecule is CCCOc1c(Cl)cc(/C=C/C(=O)N2CCCC2c2nc3ccccc3[nH]2)cc1OC. The fourth-order valence-electron chi connectivity index (χ4n) is 3.89. The number of nitrogens with one attached hydrogen (secondary N) is 1. The molecule has 0 aliphatic carbocycles. The van der Waals surface area contributed by atoms with E-state index in [4.69, 9.17) is 26.1 Å². The van der Waals surface area contributed by atoms with Crippen LogP contribution in [-0.4, -0.2) is 41.0 Å². The van der Waals surface area contributed by atoms with Crippen molar-refractivity contribution in [3.63, 3.8) is 0 Å². The molecule has 1 amide bonds. The summed E-state index contributed by atoms with van der Waals surface area (Å²) < 4.78 is 11.1. The van der Waals surface area contributed by atoms with Crippen molar-refractivity contribution in [3.8, 4) is 11.5 Å². The Balaban J connectivity index is 1.52. The zero-order valence-electron chi connectivity index (χ0n) is 17.7. The number of carbonyl (C=O) groups is 1. The van der Waals surface area contributed by atoms with Gasteiger partial charge in [-0.1, -0.05) is 30.7 Å². The molecule has 1 N–H and O–H groups in total. The smallest absolute Gasteiger partial charge is 0.247 e. The van der Waals surface area contributed by atoms with E-state index in [-0.39, 0.29) is 11.9 Å². The second-order valence-electron chi connectivity index (χ2n) is 7.54. The molecule has 31 heavy (non-hydrogen) atoms. The Bertz CT molecular complexity index is 1080. The van der Waals surface area contributed by atoms with Gasteiger partial charge >= 0.3 is 0 Å². The molecule has 6 nitrogen and oxygen atoms in total. The molecule has 162 valence electrons. The first-order valence-electron chi connectivity index (χ1n) is 10.5. The van der Waals surface area contributed by atoms with Crippen LogP contribution in [0.1, 0.15) is 43.6 Å². The Morgan fingerprint density at radius 3 is 2.97 bits per heavy atom. The predicted octanol–water partition coefficient (Wildman–Crippen LogP) is 5.39. The Labute approximate surface area is 186 Å². The second kappa shape index (κ2) is 9.43. The maximum Gasteiger partial charge on any atom is 0.247 e. The van der Waals surface area contributed by atoms with Crippen molar-refractivity contribution in [3.05, 3.63) is 58.9 Å². The third-order valence-electron chi connectivity index (χ3n) is 5.38. The van der Waals surface area contributed by atoms with Crippen LogP contribution in [0.2, 0.25) is 5.02 Å². The largest absolute Gasteiger partial charge is 0.493 e. The molecule has 0 saturated carbocycles. The number of hydrogen-bond donors (Lipinski definition) is 1. The Morgan fingerprint density at radius 1 is 1.35 bits per heavy atom. The highest BCUT2D eigenvalue weighted by atomic mass is 35.5. The number of fused-ring (bicyclic) bond motifs is 1. The van der Waals surface area contributed by atoms with Crippen LogP contribution in [0.25, 0.3) is 17.1 Å². The lowest BCUT2D eigenvalue weighted by Gasteiger charge is -2.21. The number of methoxy groups -OCH3 is 1. The maximum absolute atomic E-state index is 13.0. The minimum absolute atomic E-state index is 0.0486. The van der Waals surface area contributed by atoms with Gasteiger partial charge in [0.05, 0.1) is 35.8 Å².